The number of carbonyl (C=O) groups excluding carboxylic acids is 1. The van der Waals surface area contributed by atoms with Gasteiger partial charge in [0.15, 0.2) is 6.10 Å². The van der Waals surface area contributed by atoms with E-state index in [1.165, 1.54) is 0 Å². The summed E-state index contributed by atoms with van der Waals surface area (Å²) in [4.78, 5) is 14.4. The van der Waals surface area contributed by atoms with E-state index in [0.717, 1.165) is 12.1 Å². The molecule has 1 aromatic rings. The van der Waals surface area contributed by atoms with Crippen LogP contribution in [0.5, 0.6) is 5.75 Å². The highest BCUT2D eigenvalue weighted by atomic mass is 16.5. The summed E-state index contributed by atoms with van der Waals surface area (Å²) in [7, 11) is 0. The van der Waals surface area contributed by atoms with Crippen LogP contribution in [0.1, 0.15) is 40.2 Å². The number of likely N-dealkylation sites (tertiary alicyclic amines) is 1. The van der Waals surface area contributed by atoms with E-state index in [9.17, 15) is 4.79 Å². The van der Waals surface area contributed by atoms with Crippen molar-refractivity contribution < 1.29 is 14.6 Å². The second kappa shape index (κ2) is 5.34. The molecule has 0 saturated carbocycles. The first-order chi connectivity index (χ1) is 9.69. The van der Waals surface area contributed by atoms with Crippen LogP contribution in [0.2, 0.25) is 0 Å². The molecule has 1 aromatic carbocycles. The minimum absolute atomic E-state index is 0.00808. The second-order valence-corrected chi connectivity index (χ2v) is 6.93. The molecule has 0 aliphatic carbocycles. The Bertz CT molecular complexity index is 537. The van der Waals surface area contributed by atoms with Gasteiger partial charge in [-0.1, -0.05) is 26.0 Å². The molecule has 0 aromatic heterocycles. The van der Waals surface area contributed by atoms with Gasteiger partial charge < -0.3 is 14.7 Å². The lowest BCUT2D eigenvalue weighted by Crippen LogP contribution is -2.72. The van der Waals surface area contributed by atoms with Crippen LogP contribution in [0, 0.1) is 5.41 Å². The molecular weight excluding hydrogens is 266 g/mol. The number of hydrogen-bond acceptors (Lipinski definition) is 3. The van der Waals surface area contributed by atoms with Gasteiger partial charge in [-0.25, -0.2) is 0 Å². The van der Waals surface area contributed by atoms with Crippen molar-refractivity contribution in [3.8, 4) is 5.75 Å². The van der Waals surface area contributed by atoms with Crippen LogP contribution >= 0.6 is 0 Å². The monoisotopic (exact) mass is 291 g/mol. The molecule has 21 heavy (non-hydrogen) atoms. The highest BCUT2D eigenvalue weighted by Crippen LogP contribution is 2.46. The zero-order valence-electron chi connectivity index (χ0n) is 13.5. The maximum absolute atomic E-state index is 12.5. The van der Waals surface area contributed by atoms with E-state index >= 15 is 0 Å². The number of nitrogens with zero attached hydrogens (tertiary/aromatic N) is 1. The van der Waals surface area contributed by atoms with Crippen LogP contribution in [0.15, 0.2) is 24.3 Å². The summed E-state index contributed by atoms with van der Waals surface area (Å²) >= 11 is 0. The summed E-state index contributed by atoms with van der Waals surface area (Å²) in [6.45, 7) is 11.0. The SMILES string of the molecule is C[C@@H](Oc1cccc(CO)c1)C(=O)N1CC(C)(C)C1(C)C. The van der Waals surface area contributed by atoms with E-state index in [1.54, 1.807) is 19.1 Å². The average molecular weight is 291 g/mol. The van der Waals surface area contributed by atoms with E-state index in [1.807, 2.05) is 17.0 Å². The molecule has 116 valence electrons. The standard InChI is InChI=1S/C17H25NO3/c1-12(21-14-8-6-7-13(9-14)10-19)15(20)18-11-16(2,3)17(18,4)5/h6-9,12,19H,10-11H2,1-5H3/t12-/m1/s1. The van der Waals surface area contributed by atoms with Gasteiger partial charge in [0, 0.05) is 17.5 Å². The smallest absolute Gasteiger partial charge is 0.263 e. The molecular formula is C17H25NO3. The van der Waals surface area contributed by atoms with Gasteiger partial charge in [-0.3, -0.25) is 4.79 Å². The molecule has 1 fully saturated rings. The minimum Gasteiger partial charge on any atom is -0.481 e. The number of carbonyl (C=O) groups is 1. The molecule has 0 bridgehead atoms. The van der Waals surface area contributed by atoms with Crippen molar-refractivity contribution in [3.63, 3.8) is 0 Å². The largest absolute Gasteiger partial charge is 0.481 e. The summed E-state index contributed by atoms with van der Waals surface area (Å²) in [5.74, 6) is 0.619. The predicted molar refractivity (Wildman–Crippen MR) is 82.0 cm³/mol. The highest BCUT2D eigenvalue weighted by Gasteiger charge is 2.55. The molecule has 0 spiro atoms. The lowest BCUT2D eigenvalue weighted by atomic mass is 9.65. The Kier molecular flexibility index (Phi) is 4.02. The lowest BCUT2D eigenvalue weighted by Gasteiger charge is -2.61. The second-order valence-electron chi connectivity index (χ2n) is 6.93. The normalized spacial score (nSPS) is 20.6. The fourth-order valence-electron chi connectivity index (χ4n) is 2.61. The Morgan fingerprint density at radius 3 is 2.57 bits per heavy atom. The van der Waals surface area contributed by atoms with Gasteiger partial charge in [0.1, 0.15) is 5.75 Å². The molecule has 1 amide bonds. The molecule has 0 radical (unpaired) electrons. The molecule has 0 unspecified atom stereocenters. The fourth-order valence-corrected chi connectivity index (χ4v) is 2.61. The minimum atomic E-state index is -0.533. The lowest BCUT2D eigenvalue weighted by molar-refractivity contribution is -0.173. The number of benzene rings is 1. The quantitative estimate of drug-likeness (QED) is 0.927. The van der Waals surface area contributed by atoms with Gasteiger partial charge in [-0.2, -0.15) is 0 Å². The molecule has 4 nitrogen and oxygen atoms in total. The van der Waals surface area contributed by atoms with Gasteiger partial charge in [-0.15, -0.1) is 0 Å². The van der Waals surface area contributed by atoms with Crippen LogP contribution in [-0.4, -0.2) is 34.1 Å². The fraction of sp³-hybridized carbons (Fsp3) is 0.588. The third-order valence-electron chi connectivity index (χ3n) is 4.89. The van der Waals surface area contributed by atoms with Gasteiger partial charge in [0.05, 0.1) is 6.61 Å². The summed E-state index contributed by atoms with van der Waals surface area (Å²) in [6, 6.07) is 7.19. The predicted octanol–water partition coefficient (Wildman–Crippen LogP) is 2.59. The topological polar surface area (TPSA) is 49.8 Å². The van der Waals surface area contributed by atoms with E-state index in [0.29, 0.717) is 5.75 Å². The zero-order chi connectivity index (χ0) is 15.8. The molecule has 1 aliphatic rings. The van der Waals surface area contributed by atoms with E-state index in [2.05, 4.69) is 27.7 Å². The first-order valence-corrected chi connectivity index (χ1v) is 7.37. The maximum atomic E-state index is 12.5. The molecule has 1 aliphatic heterocycles. The number of aliphatic hydroxyl groups is 1. The van der Waals surface area contributed by atoms with Crippen molar-refractivity contribution in [1.29, 1.82) is 0 Å². The van der Waals surface area contributed by atoms with Crippen molar-refractivity contribution >= 4 is 5.91 Å². The molecule has 1 heterocycles. The van der Waals surface area contributed by atoms with Gasteiger partial charge in [0.2, 0.25) is 0 Å². The number of ether oxygens (including phenoxy) is 1. The third-order valence-corrected chi connectivity index (χ3v) is 4.89. The summed E-state index contributed by atoms with van der Waals surface area (Å²) in [6.07, 6.45) is -0.533. The number of aliphatic hydroxyl groups excluding tert-OH is 1. The Hall–Kier alpha value is -1.55. The third kappa shape index (κ3) is 2.77. The first kappa shape index (κ1) is 15.8. The first-order valence-electron chi connectivity index (χ1n) is 7.37. The Labute approximate surface area is 126 Å². The zero-order valence-corrected chi connectivity index (χ0v) is 13.5. The summed E-state index contributed by atoms with van der Waals surface area (Å²) < 4.78 is 5.73. The van der Waals surface area contributed by atoms with Gasteiger partial charge in [0.25, 0.3) is 5.91 Å². The van der Waals surface area contributed by atoms with Crippen molar-refractivity contribution in [2.24, 2.45) is 5.41 Å². The van der Waals surface area contributed by atoms with Crippen LogP contribution < -0.4 is 4.74 Å². The maximum Gasteiger partial charge on any atom is 0.263 e. The molecule has 1 N–H and O–H groups in total. The van der Waals surface area contributed by atoms with Crippen molar-refractivity contribution in [1.82, 2.24) is 4.90 Å². The Morgan fingerprint density at radius 2 is 2.05 bits per heavy atom. The molecule has 1 saturated heterocycles. The Balaban J connectivity index is 2.04. The summed E-state index contributed by atoms with van der Waals surface area (Å²) in [5.41, 5.74) is 0.742. The molecule has 1 atom stereocenters. The van der Waals surface area contributed by atoms with Crippen LogP contribution in [0.3, 0.4) is 0 Å². The van der Waals surface area contributed by atoms with Gasteiger partial charge >= 0.3 is 0 Å². The molecule has 2 rings (SSSR count). The van der Waals surface area contributed by atoms with Crippen LogP contribution in [-0.2, 0) is 11.4 Å². The number of rotatable bonds is 4. The van der Waals surface area contributed by atoms with Gasteiger partial charge in [-0.05, 0) is 38.5 Å². The van der Waals surface area contributed by atoms with Crippen molar-refractivity contribution in [3.05, 3.63) is 29.8 Å². The number of amides is 1. The van der Waals surface area contributed by atoms with Crippen LogP contribution in [0.25, 0.3) is 0 Å². The highest BCUT2D eigenvalue weighted by molar-refractivity contribution is 5.82. The molecule has 4 heteroatoms. The Morgan fingerprint density at radius 1 is 1.38 bits per heavy atom. The van der Waals surface area contributed by atoms with Crippen LogP contribution in [0.4, 0.5) is 0 Å². The van der Waals surface area contributed by atoms with Crippen molar-refractivity contribution in [2.75, 3.05) is 6.54 Å². The van der Waals surface area contributed by atoms with E-state index in [-0.39, 0.29) is 23.5 Å². The van der Waals surface area contributed by atoms with E-state index < -0.39 is 6.10 Å². The summed E-state index contributed by atoms with van der Waals surface area (Å²) in [5, 5.41) is 9.14. The number of hydrogen-bond donors (Lipinski definition) is 1. The average Bonchev–Trinajstić information content (AvgIpc) is 2.44. The van der Waals surface area contributed by atoms with Crippen molar-refractivity contribution in [2.45, 2.75) is 52.9 Å². The van der Waals surface area contributed by atoms with E-state index in [4.69, 9.17) is 9.84 Å².